The summed E-state index contributed by atoms with van der Waals surface area (Å²) in [5.74, 6) is 0.943. The highest BCUT2D eigenvalue weighted by atomic mass is 16.5. The van der Waals surface area contributed by atoms with Crippen molar-refractivity contribution in [2.45, 2.75) is 38.7 Å². The van der Waals surface area contributed by atoms with Crippen LogP contribution in [0.2, 0.25) is 0 Å². The summed E-state index contributed by atoms with van der Waals surface area (Å²) < 4.78 is 11.7. The number of hydrogen-bond donors (Lipinski definition) is 1. The second-order valence-corrected chi connectivity index (χ2v) is 6.43. The molecule has 0 fully saturated rings. The van der Waals surface area contributed by atoms with Gasteiger partial charge in [-0.1, -0.05) is 43.7 Å². The summed E-state index contributed by atoms with van der Waals surface area (Å²) in [6.07, 6.45) is 7.89. The number of ether oxygens (including phenoxy) is 1. The molecule has 25 heavy (non-hydrogen) atoms. The molecule has 3 aromatic rings. The number of hydrogen-bond acceptors (Lipinski definition) is 3. The van der Waals surface area contributed by atoms with Gasteiger partial charge in [-0.3, -0.25) is 0 Å². The zero-order valence-electron chi connectivity index (χ0n) is 15.1. The van der Waals surface area contributed by atoms with Crippen molar-refractivity contribution in [3.8, 4) is 5.75 Å². The number of aryl methyl sites for hydroxylation is 1. The molecule has 1 unspecified atom stereocenters. The fourth-order valence-electron chi connectivity index (χ4n) is 3.20. The van der Waals surface area contributed by atoms with Gasteiger partial charge in [0.05, 0.1) is 12.5 Å². The summed E-state index contributed by atoms with van der Waals surface area (Å²) in [6, 6.07) is 14.9. The number of unbranched alkanes of at least 4 members (excludes halogenated alkanes) is 1. The fraction of sp³-hybridized carbons (Fsp3) is 0.364. The van der Waals surface area contributed by atoms with Crippen molar-refractivity contribution in [1.82, 2.24) is 5.32 Å². The summed E-state index contributed by atoms with van der Waals surface area (Å²) in [5, 5.41) is 5.69. The van der Waals surface area contributed by atoms with Gasteiger partial charge in [0.2, 0.25) is 0 Å². The minimum absolute atomic E-state index is 0.0175. The van der Waals surface area contributed by atoms with E-state index in [1.807, 2.05) is 13.1 Å². The van der Waals surface area contributed by atoms with Crippen molar-refractivity contribution in [2.24, 2.45) is 0 Å². The maximum absolute atomic E-state index is 6.43. The van der Waals surface area contributed by atoms with E-state index < -0.39 is 0 Å². The van der Waals surface area contributed by atoms with E-state index in [0.29, 0.717) is 0 Å². The molecule has 0 saturated heterocycles. The molecule has 0 bridgehead atoms. The Bertz CT molecular complexity index is 780. The molecule has 3 nitrogen and oxygen atoms in total. The molecule has 0 spiro atoms. The largest absolute Gasteiger partial charge is 0.485 e. The van der Waals surface area contributed by atoms with Crippen LogP contribution in [0.1, 0.15) is 43.4 Å². The molecular weight excluding hydrogens is 310 g/mol. The van der Waals surface area contributed by atoms with Gasteiger partial charge in [-0.05, 0) is 49.5 Å². The van der Waals surface area contributed by atoms with Crippen LogP contribution in [0.4, 0.5) is 0 Å². The molecule has 3 rings (SSSR count). The van der Waals surface area contributed by atoms with Crippen molar-refractivity contribution < 1.29 is 9.15 Å². The van der Waals surface area contributed by atoms with Gasteiger partial charge < -0.3 is 14.5 Å². The Morgan fingerprint density at radius 2 is 1.92 bits per heavy atom. The molecule has 1 heterocycles. The van der Waals surface area contributed by atoms with Crippen LogP contribution >= 0.6 is 0 Å². The predicted molar refractivity (Wildman–Crippen MR) is 103 cm³/mol. The van der Waals surface area contributed by atoms with E-state index in [0.717, 1.165) is 30.7 Å². The molecular formula is C22H27NO2. The standard InChI is InChI=1S/C22H27NO2/c1-3-4-7-17-10-11-22(20-9-6-5-8-19(17)20)25-21(12-14-23-2)18-13-15-24-16-18/h5-6,8-11,13,15-16,21,23H,3-4,7,12,14H2,1-2H3. The van der Waals surface area contributed by atoms with Gasteiger partial charge >= 0.3 is 0 Å². The Kier molecular flexibility index (Phi) is 6.13. The third kappa shape index (κ3) is 4.23. The second kappa shape index (κ2) is 8.72. The lowest BCUT2D eigenvalue weighted by molar-refractivity contribution is 0.196. The first-order chi connectivity index (χ1) is 12.3. The Hall–Kier alpha value is -2.26. The highest BCUT2D eigenvalue weighted by Gasteiger charge is 2.16. The molecule has 2 aromatic carbocycles. The summed E-state index contributed by atoms with van der Waals surface area (Å²) in [6.45, 7) is 3.12. The molecule has 1 atom stereocenters. The van der Waals surface area contributed by atoms with Gasteiger partial charge in [-0.15, -0.1) is 0 Å². The monoisotopic (exact) mass is 337 g/mol. The average Bonchev–Trinajstić information content (AvgIpc) is 3.18. The zero-order chi connectivity index (χ0) is 17.5. The molecule has 0 aliphatic heterocycles. The van der Waals surface area contributed by atoms with Gasteiger partial charge in [0.1, 0.15) is 11.9 Å². The third-order valence-corrected chi connectivity index (χ3v) is 4.61. The van der Waals surface area contributed by atoms with E-state index >= 15 is 0 Å². The summed E-state index contributed by atoms with van der Waals surface area (Å²) in [7, 11) is 1.96. The van der Waals surface area contributed by atoms with Gasteiger partial charge in [0.15, 0.2) is 0 Å². The molecule has 3 heteroatoms. The van der Waals surface area contributed by atoms with Crippen LogP contribution in [0.3, 0.4) is 0 Å². The Morgan fingerprint density at radius 1 is 1.08 bits per heavy atom. The Balaban J connectivity index is 1.92. The first kappa shape index (κ1) is 17.6. The number of furan rings is 1. The topological polar surface area (TPSA) is 34.4 Å². The van der Waals surface area contributed by atoms with Crippen molar-refractivity contribution in [3.05, 3.63) is 66.1 Å². The highest BCUT2D eigenvalue weighted by Crippen LogP contribution is 2.33. The van der Waals surface area contributed by atoms with Crippen LogP contribution in [0.25, 0.3) is 10.8 Å². The van der Waals surface area contributed by atoms with Crippen LogP contribution in [0.5, 0.6) is 5.75 Å². The van der Waals surface area contributed by atoms with Gasteiger partial charge in [-0.25, -0.2) is 0 Å². The molecule has 0 aliphatic rings. The summed E-state index contributed by atoms with van der Waals surface area (Å²) in [5.41, 5.74) is 2.48. The van der Waals surface area contributed by atoms with Crippen molar-refractivity contribution in [2.75, 3.05) is 13.6 Å². The van der Waals surface area contributed by atoms with Crippen molar-refractivity contribution >= 4 is 10.8 Å². The van der Waals surface area contributed by atoms with Crippen LogP contribution in [-0.4, -0.2) is 13.6 Å². The van der Waals surface area contributed by atoms with E-state index in [1.54, 1.807) is 12.5 Å². The zero-order valence-corrected chi connectivity index (χ0v) is 15.1. The average molecular weight is 337 g/mol. The fourth-order valence-corrected chi connectivity index (χ4v) is 3.20. The van der Waals surface area contributed by atoms with E-state index in [4.69, 9.17) is 9.15 Å². The first-order valence-corrected chi connectivity index (χ1v) is 9.17. The number of nitrogens with one attached hydrogen (secondary N) is 1. The van der Waals surface area contributed by atoms with Crippen molar-refractivity contribution in [3.63, 3.8) is 0 Å². The van der Waals surface area contributed by atoms with Crippen LogP contribution in [-0.2, 0) is 6.42 Å². The molecule has 0 amide bonds. The van der Waals surface area contributed by atoms with E-state index in [1.165, 1.54) is 29.2 Å². The highest BCUT2D eigenvalue weighted by molar-refractivity contribution is 5.91. The van der Waals surface area contributed by atoms with Gasteiger partial charge in [0, 0.05) is 17.4 Å². The first-order valence-electron chi connectivity index (χ1n) is 9.17. The van der Waals surface area contributed by atoms with Crippen LogP contribution in [0, 0.1) is 0 Å². The quantitative estimate of drug-likeness (QED) is 0.559. The van der Waals surface area contributed by atoms with Crippen LogP contribution in [0.15, 0.2) is 59.4 Å². The predicted octanol–water partition coefficient (Wildman–Crippen LogP) is 5.51. The van der Waals surface area contributed by atoms with E-state index in [2.05, 4.69) is 48.6 Å². The lowest BCUT2D eigenvalue weighted by atomic mass is 9.99. The minimum Gasteiger partial charge on any atom is -0.485 e. The van der Waals surface area contributed by atoms with Gasteiger partial charge in [0.25, 0.3) is 0 Å². The Morgan fingerprint density at radius 3 is 2.64 bits per heavy atom. The lowest BCUT2D eigenvalue weighted by Gasteiger charge is -2.20. The SMILES string of the molecule is CCCCc1ccc(OC(CCNC)c2ccoc2)c2ccccc12. The molecule has 0 saturated carbocycles. The molecule has 132 valence electrons. The summed E-state index contributed by atoms with van der Waals surface area (Å²) in [4.78, 5) is 0. The molecule has 0 aliphatic carbocycles. The lowest BCUT2D eigenvalue weighted by Crippen LogP contribution is -2.16. The van der Waals surface area contributed by atoms with Crippen LogP contribution < -0.4 is 10.1 Å². The van der Waals surface area contributed by atoms with E-state index in [-0.39, 0.29) is 6.10 Å². The van der Waals surface area contributed by atoms with Gasteiger partial charge in [-0.2, -0.15) is 0 Å². The molecule has 0 radical (unpaired) electrons. The summed E-state index contributed by atoms with van der Waals surface area (Å²) >= 11 is 0. The second-order valence-electron chi connectivity index (χ2n) is 6.43. The normalized spacial score (nSPS) is 12.4. The number of rotatable bonds is 9. The minimum atomic E-state index is -0.0175. The maximum atomic E-state index is 6.43. The third-order valence-electron chi connectivity index (χ3n) is 4.61. The maximum Gasteiger partial charge on any atom is 0.128 e. The van der Waals surface area contributed by atoms with Crippen molar-refractivity contribution in [1.29, 1.82) is 0 Å². The molecule has 1 N–H and O–H groups in total. The van der Waals surface area contributed by atoms with E-state index in [9.17, 15) is 0 Å². The Labute approximate surface area is 150 Å². The number of benzene rings is 2. The molecule has 1 aromatic heterocycles. The number of fused-ring (bicyclic) bond motifs is 1. The smallest absolute Gasteiger partial charge is 0.128 e.